The van der Waals surface area contributed by atoms with Crippen LogP contribution in [-0.4, -0.2) is 24.2 Å². The van der Waals surface area contributed by atoms with E-state index in [1.807, 2.05) is 0 Å². The highest BCUT2D eigenvalue weighted by atomic mass is 19.1. The number of aromatic nitrogens is 1. The van der Waals surface area contributed by atoms with E-state index >= 15 is 0 Å². The molecule has 0 unspecified atom stereocenters. The summed E-state index contributed by atoms with van der Waals surface area (Å²) in [7, 11) is 0. The zero-order valence-corrected chi connectivity index (χ0v) is 9.07. The zero-order valence-electron chi connectivity index (χ0n) is 9.07. The van der Waals surface area contributed by atoms with Gasteiger partial charge < -0.3 is 9.47 Å². The number of halogens is 2. The van der Waals surface area contributed by atoms with Crippen molar-refractivity contribution in [3.8, 4) is 5.75 Å². The summed E-state index contributed by atoms with van der Waals surface area (Å²) in [6.45, 7) is 0.153. The summed E-state index contributed by atoms with van der Waals surface area (Å²) >= 11 is 0. The quantitative estimate of drug-likeness (QED) is 0.672. The van der Waals surface area contributed by atoms with Gasteiger partial charge in [-0.05, 0) is 12.1 Å². The minimum Gasteiger partial charge on any atom is -0.488 e. The minimum atomic E-state index is -0.689. The molecule has 3 rings (SSSR count). The van der Waals surface area contributed by atoms with Gasteiger partial charge in [-0.1, -0.05) is 0 Å². The van der Waals surface area contributed by atoms with Gasteiger partial charge in [-0.3, -0.25) is 4.98 Å². The summed E-state index contributed by atoms with van der Waals surface area (Å²) < 4.78 is 37.4. The molecule has 2 aromatic rings. The summed E-state index contributed by atoms with van der Waals surface area (Å²) in [5, 5.41) is -0.133. The fourth-order valence-electron chi connectivity index (χ4n) is 1.86. The number of ether oxygens (including phenoxy) is 2. The second-order valence-electron chi connectivity index (χ2n) is 3.74. The lowest BCUT2D eigenvalue weighted by Crippen LogP contribution is -2.05. The Hall–Kier alpha value is -2.24. The van der Waals surface area contributed by atoms with E-state index in [0.717, 1.165) is 18.3 Å². The van der Waals surface area contributed by atoms with Gasteiger partial charge in [-0.15, -0.1) is 0 Å². The van der Waals surface area contributed by atoms with Gasteiger partial charge in [0.05, 0.1) is 5.39 Å². The third kappa shape index (κ3) is 1.49. The Kier molecular flexibility index (Phi) is 2.36. The third-order valence-corrected chi connectivity index (χ3v) is 2.66. The second kappa shape index (κ2) is 3.90. The summed E-state index contributed by atoms with van der Waals surface area (Å²) in [5.74, 6) is -2.03. The molecule has 1 aliphatic rings. The number of fused-ring (bicyclic) bond motifs is 3. The van der Waals surface area contributed by atoms with Crippen LogP contribution < -0.4 is 4.74 Å². The molecule has 6 heteroatoms. The molecule has 1 aromatic carbocycles. The van der Waals surface area contributed by atoms with Crippen LogP contribution >= 0.6 is 0 Å². The van der Waals surface area contributed by atoms with E-state index < -0.39 is 17.6 Å². The number of carbonyl (C=O) groups is 1. The average Bonchev–Trinajstić information content (AvgIpc) is 2.56. The summed E-state index contributed by atoms with van der Waals surface area (Å²) in [4.78, 5) is 15.3. The first-order valence-corrected chi connectivity index (χ1v) is 5.25. The van der Waals surface area contributed by atoms with Crippen molar-refractivity contribution in [1.82, 2.24) is 4.98 Å². The molecule has 0 fully saturated rings. The molecule has 2 heterocycles. The fourth-order valence-corrected chi connectivity index (χ4v) is 1.86. The molecular formula is C12H7F2NO3. The molecule has 1 aliphatic heterocycles. The molecule has 92 valence electrons. The lowest BCUT2D eigenvalue weighted by molar-refractivity contribution is 0.0492. The largest absolute Gasteiger partial charge is 0.488 e. The molecular weight excluding hydrogens is 244 g/mol. The molecule has 18 heavy (non-hydrogen) atoms. The van der Waals surface area contributed by atoms with E-state index in [1.54, 1.807) is 0 Å². The normalized spacial score (nSPS) is 14.7. The predicted molar refractivity (Wildman–Crippen MR) is 57.4 cm³/mol. The Morgan fingerprint density at radius 3 is 2.67 bits per heavy atom. The van der Waals surface area contributed by atoms with Crippen LogP contribution in [-0.2, 0) is 4.74 Å². The van der Waals surface area contributed by atoms with Crippen LogP contribution in [0.5, 0.6) is 5.75 Å². The van der Waals surface area contributed by atoms with Crippen LogP contribution in [0.4, 0.5) is 8.78 Å². The van der Waals surface area contributed by atoms with Crippen LogP contribution in [0.1, 0.15) is 10.4 Å². The number of benzene rings is 1. The average molecular weight is 251 g/mol. The number of hydrogen-bond donors (Lipinski definition) is 0. The molecule has 4 nitrogen and oxygen atoms in total. The van der Waals surface area contributed by atoms with Crippen molar-refractivity contribution < 1.29 is 23.0 Å². The third-order valence-electron chi connectivity index (χ3n) is 2.66. The van der Waals surface area contributed by atoms with E-state index in [0.29, 0.717) is 0 Å². The van der Waals surface area contributed by atoms with Gasteiger partial charge in [-0.25, -0.2) is 13.6 Å². The number of nitrogens with zero attached hydrogens (tertiary/aromatic N) is 1. The Labute approximate surface area is 100 Å². The Balaban J connectivity index is 2.41. The van der Waals surface area contributed by atoms with Gasteiger partial charge >= 0.3 is 5.97 Å². The highest BCUT2D eigenvalue weighted by Gasteiger charge is 2.24. The first-order valence-electron chi connectivity index (χ1n) is 5.25. The van der Waals surface area contributed by atoms with Gasteiger partial charge in [0.2, 0.25) is 0 Å². The highest BCUT2D eigenvalue weighted by Crippen LogP contribution is 2.33. The maximum absolute atomic E-state index is 13.8. The molecule has 0 N–H and O–H groups in total. The van der Waals surface area contributed by atoms with Crippen LogP contribution in [0.2, 0.25) is 0 Å². The molecule has 0 radical (unpaired) electrons. The van der Waals surface area contributed by atoms with E-state index in [2.05, 4.69) is 4.98 Å². The lowest BCUT2D eigenvalue weighted by atomic mass is 10.1. The molecule has 0 aliphatic carbocycles. The van der Waals surface area contributed by atoms with Gasteiger partial charge in [-0.2, -0.15) is 0 Å². The van der Waals surface area contributed by atoms with E-state index in [-0.39, 0.29) is 35.4 Å². The number of hydrogen-bond acceptors (Lipinski definition) is 4. The molecule has 0 saturated carbocycles. The number of rotatable bonds is 0. The topological polar surface area (TPSA) is 48.4 Å². The molecule has 1 aromatic heterocycles. The van der Waals surface area contributed by atoms with Crippen molar-refractivity contribution in [2.45, 2.75) is 0 Å². The molecule has 0 saturated heterocycles. The SMILES string of the molecule is O=C1OCCOc2c1cnc1c(F)ccc(F)c21. The van der Waals surface area contributed by atoms with E-state index in [1.165, 1.54) is 0 Å². The first-order chi connectivity index (χ1) is 8.68. The Bertz CT molecular complexity index is 657. The molecule has 0 atom stereocenters. The van der Waals surface area contributed by atoms with Crippen molar-refractivity contribution in [2.75, 3.05) is 13.2 Å². The monoisotopic (exact) mass is 251 g/mol. The van der Waals surface area contributed by atoms with Crippen LogP contribution in [0.25, 0.3) is 10.9 Å². The van der Waals surface area contributed by atoms with Crippen molar-refractivity contribution in [3.05, 3.63) is 35.5 Å². The number of pyridine rings is 1. The summed E-state index contributed by atoms with van der Waals surface area (Å²) in [6, 6.07) is 1.95. The van der Waals surface area contributed by atoms with Crippen molar-refractivity contribution in [3.63, 3.8) is 0 Å². The number of esters is 1. The van der Waals surface area contributed by atoms with Crippen molar-refractivity contribution in [1.29, 1.82) is 0 Å². The summed E-state index contributed by atoms with van der Waals surface area (Å²) in [6.07, 6.45) is 1.13. The summed E-state index contributed by atoms with van der Waals surface area (Å²) in [5.41, 5.74) is -0.159. The molecule has 0 bridgehead atoms. The first kappa shape index (κ1) is 10.9. The van der Waals surface area contributed by atoms with E-state index in [9.17, 15) is 13.6 Å². The van der Waals surface area contributed by atoms with Crippen molar-refractivity contribution >= 4 is 16.9 Å². The highest BCUT2D eigenvalue weighted by molar-refractivity contribution is 6.00. The van der Waals surface area contributed by atoms with Gasteiger partial charge in [0.1, 0.15) is 41.7 Å². The maximum Gasteiger partial charge on any atom is 0.343 e. The molecule has 0 amide bonds. The Morgan fingerprint density at radius 2 is 1.83 bits per heavy atom. The van der Waals surface area contributed by atoms with Crippen molar-refractivity contribution in [2.24, 2.45) is 0 Å². The predicted octanol–water partition coefficient (Wildman–Crippen LogP) is 2.06. The maximum atomic E-state index is 13.8. The van der Waals surface area contributed by atoms with Crippen LogP contribution in [0.15, 0.2) is 18.3 Å². The van der Waals surface area contributed by atoms with E-state index in [4.69, 9.17) is 9.47 Å². The van der Waals surface area contributed by atoms with Crippen LogP contribution in [0, 0.1) is 11.6 Å². The zero-order chi connectivity index (χ0) is 12.7. The number of carbonyl (C=O) groups excluding carboxylic acids is 1. The van der Waals surface area contributed by atoms with Gasteiger partial charge in [0.25, 0.3) is 0 Å². The number of cyclic esters (lactones) is 1. The standard InChI is InChI=1S/C12H7F2NO3/c13-7-1-2-8(14)10-9(7)11-6(5-15-10)12(16)18-4-3-17-11/h1-2,5H,3-4H2. The lowest BCUT2D eigenvalue weighted by Gasteiger charge is -2.09. The smallest absolute Gasteiger partial charge is 0.343 e. The fraction of sp³-hybridized carbons (Fsp3) is 0.167. The Morgan fingerprint density at radius 1 is 1.11 bits per heavy atom. The van der Waals surface area contributed by atoms with Crippen LogP contribution in [0.3, 0.4) is 0 Å². The molecule has 0 spiro atoms. The minimum absolute atomic E-state index is 0.00417. The second-order valence-corrected chi connectivity index (χ2v) is 3.74. The van der Waals surface area contributed by atoms with Gasteiger partial charge in [0, 0.05) is 6.20 Å². The van der Waals surface area contributed by atoms with Gasteiger partial charge in [0.15, 0.2) is 0 Å².